The topological polar surface area (TPSA) is 71.6 Å². The van der Waals surface area contributed by atoms with E-state index in [9.17, 15) is 14.3 Å². The van der Waals surface area contributed by atoms with Crippen molar-refractivity contribution in [1.29, 1.82) is 0 Å². The van der Waals surface area contributed by atoms with Gasteiger partial charge in [-0.1, -0.05) is 35.9 Å². The lowest BCUT2D eigenvalue weighted by Gasteiger charge is -2.49. The van der Waals surface area contributed by atoms with Gasteiger partial charge in [-0.05, 0) is 79.8 Å². The normalized spacial score (nSPS) is 21.7. The van der Waals surface area contributed by atoms with Gasteiger partial charge in [-0.3, -0.25) is 4.90 Å². The van der Waals surface area contributed by atoms with Gasteiger partial charge in [0.25, 0.3) is 0 Å². The van der Waals surface area contributed by atoms with E-state index in [1.54, 1.807) is 24.1 Å². The van der Waals surface area contributed by atoms with Gasteiger partial charge in [0.05, 0.1) is 12.1 Å². The van der Waals surface area contributed by atoms with Gasteiger partial charge < -0.3 is 20.3 Å². The molecule has 2 aliphatic rings. The van der Waals surface area contributed by atoms with Gasteiger partial charge in [-0.25, -0.2) is 9.18 Å². The summed E-state index contributed by atoms with van der Waals surface area (Å²) >= 11 is 0. The minimum Gasteiger partial charge on any atom is -0.393 e. The first-order chi connectivity index (χ1) is 18.8. The maximum atomic E-state index is 13.3. The Morgan fingerprint density at radius 1 is 1.13 bits per heavy atom. The van der Waals surface area contributed by atoms with Crippen molar-refractivity contribution >= 4 is 22.6 Å². The predicted molar refractivity (Wildman–Crippen MR) is 153 cm³/mol. The Bertz CT molecular complexity index is 1510. The van der Waals surface area contributed by atoms with E-state index in [-0.39, 0.29) is 29.8 Å². The van der Waals surface area contributed by atoms with Gasteiger partial charge in [0.15, 0.2) is 0 Å². The number of fused-ring (bicyclic) bond motifs is 5. The number of carbonyl (C=O) groups is 1. The van der Waals surface area contributed by atoms with Gasteiger partial charge in [0, 0.05) is 54.4 Å². The second-order valence-corrected chi connectivity index (χ2v) is 11.2. The monoisotopic (exact) mass is 526 g/mol. The zero-order valence-electron chi connectivity index (χ0n) is 22.6. The van der Waals surface area contributed by atoms with Crippen LogP contribution in [0.15, 0.2) is 66.7 Å². The molecular weight excluding hydrogens is 491 g/mol. The highest BCUT2D eigenvalue weighted by atomic mass is 19.1. The molecule has 3 N–H and O–H groups in total. The molecule has 1 fully saturated rings. The number of hydrogen-bond acceptors (Lipinski definition) is 3. The lowest BCUT2D eigenvalue weighted by Crippen LogP contribution is -2.57. The summed E-state index contributed by atoms with van der Waals surface area (Å²) in [6.07, 6.45) is 1.10. The Morgan fingerprint density at radius 3 is 2.64 bits per heavy atom. The molecule has 0 saturated carbocycles. The fourth-order valence-corrected chi connectivity index (χ4v) is 6.52. The van der Waals surface area contributed by atoms with Crippen LogP contribution in [0.5, 0.6) is 0 Å². The smallest absolute Gasteiger partial charge is 0.321 e. The first kappa shape index (κ1) is 25.6. The minimum atomic E-state index is -0.557. The molecule has 0 spiro atoms. The molecule has 2 aliphatic heterocycles. The largest absolute Gasteiger partial charge is 0.393 e. The third-order valence-corrected chi connectivity index (χ3v) is 8.65. The van der Waals surface area contributed by atoms with Gasteiger partial charge in [0.2, 0.25) is 0 Å². The van der Waals surface area contributed by atoms with Gasteiger partial charge in [-0.15, -0.1) is 0 Å². The summed E-state index contributed by atoms with van der Waals surface area (Å²) in [6.45, 7) is 5.56. The number of carbonyl (C=O) groups excluding carboxylic acids is 1. The third-order valence-electron chi connectivity index (χ3n) is 8.65. The highest BCUT2D eigenvalue weighted by molar-refractivity contribution is 5.90. The van der Waals surface area contributed by atoms with Crippen molar-refractivity contribution in [3.63, 3.8) is 0 Å². The molecule has 4 aromatic rings. The van der Waals surface area contributed by atoms with Crippen molar-refractivity contribution in [3.05, 3.63) is 89.4 Å². The highest BCUT2D eigenvalue weighted by Crippen LogP contribution is 2.43. The van der Waals surface area contributed by atoms with E-state index in [1.165, 1.54) is 45.5 Å². The van der Waals surface area contributed by atoms with Crippen LogP contribution in [0, 0.1) is 18.7 Å². The van der Waals surface area contributed by atoms with E-state index in [0.29, 0.717) is 18.7 Å². The van der Waals surface area contributed by atoms with Crippen molar-refractivity contribution in [2.75, 3.05) is 25.5 Å². The third kappa shape index (κ3) is 4.81. The number of aromatic nitrogens is 1. The van der Waals surface area contributed by atoms with Crippen LogP contribution in [0.4, 0.5) is 14.9 Å². The lowest BCUT2D eigenvalue weighted by molar-refractivity contribution is -0.0177. The lowest BCUT2D eigenvalue weighted by atomic mass is 9.80. The summed E-state index contributed by atoms with van der Waals surface area (Å²) < 4.78 is 13.3. The Hall–Kier alpha value is -3.68. The molecule has 7 heteroatoms. The van der Waals surface area contributed by atoms with Crippen molar-refractivity contribution in [2.24, 2.45) is 5.92 Å². The molecule has 4 atom stereocenters. The van der Waals surface area contributed by atoms with E-state index in [4.69, 9.17) is 0 Å². The fraction of sp³-hybridized carbons (Fsp3) is 0.344. The van der Waals surface area contributed by atoms with E-state index in [2.05, 4.69) is 64.6 Å². The quantitative estimate of drug-likeness (QED) is 0.300. The van der Waals surface area contributed by atoms with Crippen LogP contribution in [0.25, 0.3) is 22.0 Å². The molecule has 3 heterocycles. The summed E-state index contributed by atoms with van der Waals surface area (Å²) in [5, 5.41) is 14.9. The fourth-order valence-electron chi connectivity index (χ4n) is 6.52. The Morgan fingerprint density at radius 2 is 1.90 bits per heavy atom. The standard InChI is InChI=1S/C32H35FN4O2/c1-19-5-4-6-21(15-19)22-7-12-28-26(16-22)25-13-14-37-18-27(20(2)38)29(17-30(37)31(25)35-28)36(3)32(39)34-24-10-8-23(33)9-11-24/h4-12,15-16,20,27,29-30,35,38H,13-14,17-18H2,1-3H3,(H,34,39)/t20-,27-,29-,30-/m0/s1. The first-order valence-electron chi connectivity index (χ1n) is 13.7. The second kappa shape index (κ2) is 10.1. The summed E-state index contributed by atoms with van der Waals surface area (Å²) in [7, 11) is 1.79. The van der Waals surface area contributed by atoms with Crippen LogP contribution in [0.2, 0.25) is 0 Å². The van der Waals surface area contributed by atoms with E-state index >= 15 is 0 Å². The molecule has 0 bridgehead atoms. The maximum absolute atomic E-state index is 13.3. The summed E-state index contributed by atoms with van der Waals surface area (Å²) in [4.78, 5) is 21.1. The molecule has 39 heavy (non-hydrogen) atoms. The van der Waals surface area contributed by atoms with Crippen molar-refractivity contribution in [2.45, 2.75) is 44.9 Å². The average molecular weight is 527 g/mol. The molecule has 1 saturated heterocycles. The SMILES string of the molecule is Cc1cccc(-c2ccc3[nH]c4c(c3c2)CCN2C[C@@H]([C@H](C)O)[C@@H](N(C)C(=O)Nc3ccc(F)cc3)C[C@@H]42)c1. The molecule has 6 nitrogen and oxygen atoms in total. The number of rotatable bonds is 4. The minimum absolute atomic E-state index is 0.0796. The molecule has 6 rings (SSSR count). The van der Waals surface area contributed by atoms with Crippen LogP contribution >= 0.6 is 0 Å². The van der Waals surface area contributed by atoms with Gasteiger partial charge >= 0.3 is 6.03 Å². The second-order valence-electron chi connectivity index (χ2n) is 11.2. The zero-order valence-corrected chi connectivity index (χ0v) is 22.6. The van der Waals surface area contributed by atoms with Crippen molar-refractivity contribution in [1.82, 2.24) is 14.8 Å². The van der Waals surface area contributed by atoms with E-state index in [1.807, 2.05) is 6.92 Å². The van der Waals surface area contributed by atoms with Gasteiger partial charge in [0.1, 0.15) is 5.82 Å². The number of aliphatic hydroxyl groups excluding tert-OH is 1. The zero-order chi connectivity index (χ0) is 27.3. The molecule has 0 aliphatic carbocycles. The number of aromatic amines is 1. The van der Waals surface area contributed by atoms with Crippen molar-refractivity contribution < 1.29 is 14.3 Å². The number of hydrogen-bond donors (Lipinski definition) is 3. The molecule has 202 valence electrons. The van der Waals surface area contributed by atoms with Crippen molar-refractivity contribution in [3.8, 4) is 11.1 Å². The average Bonchev–Trinajstić information content (AvgIpc) is 3.31. The van der Waals surface area contributed by atoms with E-state index < -0.39 is 6.10 Å². The number of aryl methyl sites for hydroxylation is 1. The first-order valence-corrected chi connectivity index (χ1v) is 13.7. The number of nitrogens with zero attached hydrogens (tertiary/aromatic N) is 2. The van der Waals surface area contributed by atoms with Crippen LogP contribution in [0.1, 0.15) is 36.2 Å². The predicted octanol–water partition coefficient (Wildman–Crippen LogP) is 6.11. The number of urea groups is 1. The molecule has 3 aromatic carbocycles. The number of halogens is 1. The summed E-state index contributed by atoms with van der Waals surface area (Å²) in [5.74, 6) is -0.426. The number of amides is 2. The number of nitrogens with one attached hydrogen (secondary N) is 2. The Balaban J connectivity index is 1.30. The summed E-state index contributed by atoms with van der Waals surface area (Å²) in [5.41, 5.74) is 7.92. The molecule has 2 amide bonds. The van der Waals surface area contributed by atoms with Gasteiger partial charge in [-0.2, -0.15) is 0 Å². The number of piperidine rings is 1. The van der Waals surface area contributed by atoms with Crippen LogP contribution in [-0.2, 0) is 6.42 Å². The highest BCUT2D eigenvalue weighted by Gasteiger charge is 2.44. The van der Waals surface area contributed by atoms with E-state index in [0.717, 1.165) is 18.5 Å². The van der Waals surface area contributed by atoms with Crippen LogP contribution < -0.4 is 5.32 Å². The molecular formula is C32H35FN4O2. The van der Waals surface area contributed by atoms with Crippen LogP contribution in [-0.4, -0.2) is 58.2 Å². The van der Waals surface area contributed by atoms with Crippen LogP contribution in [0.3, 0.4) is 0 Å². The number of H-pyrrole nitrogens is 1. The Labute approximate surface area is 228 Å². The Kier molecular flexibility index (Phi) is 6.65. The molecule has 1 aromatic heterocycles. The number of aliphatic hydroxyl groups is 1. The summed E-state index contributed by atoms with van der Waals surface area (Å²) in [6, 6.07) is 20.7. The molecule has 0 radical (unpaired) electrons. The molecule has 0 unspecified atom stereocenters. The number of anilines is 1. The number of benzene rings is 3. The maximum Gasteiger partial charge on any atom is 0.321 e.